The molecule has 1 aromatic rings. The molecular weight excluding hydrogens is 248 g/mol. The number of carbonyl (C=O) groups excluding carboxylic acids is 2. The van der Waals surface area contributed by atoms with Crippen molar-refractivity contribution in [3.05, 3.63) is 21.4 Å². The predicted octanol–water partition coefficient (Wildman–Crippen LogP) is 1.68. The van der Waals surface area contributed by atoms with Crippen LogP contribution < -0.4 is 5.32 Å². The van der Waals surface area contributed by atoms with Crippen LogP contribution in [0.4, 0.5) is 0 Å². The second-order valence-electron chi connectivity index (χ2n) is 4.93. The van der Waals surface area contributed by atoms with Crippen molar-refractivity contribution in [2.75, 3.05) is 6.54 Å². The summed E-state index contributed by atoms with van der Waals surface area (Å²) >= 11 is 1.66. The lowest BCUT2D eigenvalue weighted by molar-refractivity contribution is -0.125. The molecule has 18 heavy (non-hydrogen) atoms. The van der Waals surface area contributed by atoms with Gasteiger partial charge in [0, 0.05) is 16.3 Å². The number of fused-ring (bicyclic) bond motifs is 1. The van der Waals surface area contributed by atoms with Gasteiger partial charge in [0.2, 0.25) is 5.91 Å². The summed E-state index contributed by atoms with van der Waals surface area (Å²) in [6.07, 6.45) is 2.79. The highest BCUT2D eigenvalue weighted by Crippen LogP contribution is 2.32. The van der Waals surface area contributed by atoms with E-state index in [1.807, 2.05) is 13.0 Å². The van der Waals surface area contributed by atoms with Gasteiger partial charge in [-0.1, -0.05) is 0 Å². The molecule has 2 aliphatic heterocycles. The SMILES string of the molecule is Cc1cc2c(s1)CN([C@H]1CCCCNC1=O)C2=O. The Balaban J connectivity index is 1.84. The lowest BCUT2D eigenvalue weighted by atomic mass is 10.1. The maximum absolute atomic E-state index is 12.3. The average Bonchev–Trinajstić information content (AvgIpc) is 2.73. The quantitative estimate of drug-likeness (QED) is 0.839. The van der Waals surface area contributed by atoms with Crippen LogP contribution in [0.3, 0.4) is 0 Å². The fourth-order valence-corrected chi connectivity index (χ4v) is 3.74. The van der Waals surface area contributed by atoms with Gasteiger partial charge in [0.15, 0.2) is 0 Å². The summed E-state index contributed by atoms with van der Waals surface area (Å²) in [5, 5.41) is 2.89. The van der Waals surface area contributed by atoms with Gasteiger partial charge in [-0.3, -0.25) is 9.59 Å². The van der Waals surface area contributed by atoms with E-state index in [1.165, 1.54) is 4.88 Å². The van der Waals surface area contributed by atoms with Crippen LogP contribution in [-0.4, -0.2) is 29.3 Å². The minimum absolute atomic E-state index is 0.00715. The number of nitrogens with one attached hydrogen (secondary N) is 1. The second-order valence-corrected chi connectivity index (χ2v) is 6.27. The molecule has 0 spiro atoms. The van der Waals surface area contributed by atoms with Crippen LogP contribution >= 0.6 is 11.3 Å². The fourth-order valence-electron chi connectivity index (χ4n) is 2.71. The summed E-state index contributed by atoms with van der Waals surface area (Å²) in [4.78, 5) is 28.3. The number of hydrogen-bond acceptors (Lipinski definition) is 3. The van der Waals surface area contributed by atoms with Crippen LogP contribution in [0, 0.1) is 6.92 Å². The van der Waals surface area contributed by atoms with Crippen LogP contribution in [0.25, 0.3) is 0 Å². The summed E-state index contributed by atoms with van der Waals surface area (Å²) in [5.41, 5.74) is 0.801. The van der Waals surface area contributed by atoms with Gasteiger partial charge in [0.25, 0.3) is 5.91 Å². The number of hydrogen-bond donors (Lipinski definition) is 1. The van der Waals surface area contributed by atoms with Gasteiger partial charge < -0.3 is 10.2 Å². The van der Waals surface area contributed by atoms with Gasteiger partial charge >= 0.3 is 0 Å². The molecule has 5 heteroatoms. The second kappa shape index (κ2) is 4.39. The first-order chi connectivity index (χ1) is 8.66. The maximum atomic E-state index is 12.3. The minimum Gasteiger partial charge on any atom is -0.354 e. The molecule has 0 aromatic carbocycles. The molecule has 3 rings (SSSR count). The smallest absolute Gasteiger partial charge is 0.256 e. The molecule has 2 aliphatic rings. The standard InChI is InChI=1S/C13H16N2O2S/c1-8-6-9-11(18-8)7-15(13(9)17)10-4-2-3-5-14-12(10)16/h6,10H,2-5,7H2,1H3,(H,14,16)/t10-/m0/s1. The van der Waals surface area contributed by atoms with Crippen molar-refractivity contribution >= 4 is 23.2 Å². The van der Waals surface area contributed by atoms with Crippen molar-refractivity contribution in [1.29, 1.82) is 0 Å². The maximum Gasteiger partial charge on any atom is 0.256 e. The molecule has 1 saturated heterocycles. The first-order valence-corrected chi connectivity index (χ1v) is 7.16. The zero-order valence-corrected chi connectivity index (χ0v) is 11.2. The third-order valence-corrected chi connectivity index (χ3v) is 4.66. The number of rotatable bonds is 1. The Labute approximate surface area is 110 Å². The molecule has 0 bridgehead atoms. The van der Waals surface area contributed by atoms with Crippen LogP contribution in [0.1, 0.15) is 39.4 Å². The Kier molecular flexibility index (Phi) is 2.86. The van der Waals surface area contributed by atoms with Gasteiger partial charge in [-0.15, -0.1) is 11.3 Å². The van der Waals surface area contributed by atoms with Crippen LogP contribution in [0.2, 0.25) is 0 Å². The Morgan fingerprint density at radius 2 is 2.22 bits per heavy atom. The Morgan fingerprint density at radius 1 is 1.39 bits per heavy atom. The molecular formula is C13H16N2O2S. The monoisotopic (exact) mass is 264 g/mol. The van der Waals surface area contributed by atoms with E-state index in [2.05, 4.69) is 5.32 Å². The molecule has 3 heterocycles. The molecule has 0 radical (unpaired) electrons. The first-order valence-electron chi connectivity index (χ1n) is 6.35. The van der Waals surface area contributed by atoms with E-state index >= 15 is 0 Å². The Hall–Kier alpha value is -1.36. The third-order valence-electron chi connectivity index (χ3n) is 3.62. The molecule has 96 valence electrons. The average molecular weight is 264 g/mol. The third kappa shape index (κ3) is 1.82. The summed E-state index contributed by atoms with van der Waals surface area (Å²) in [7, 11) is 0. The Bertz CT molecular complexity index is 509. The van der Waals surface area contributed by atoms with E-state index in [4.69, 9.17) is 0 Å². The van der Waals surface area contributed by atoms with E-state index in [9.17, 15) is 9.59 Å². The fraction of sp³-hybridized carbons (Fsp3) is 0.538. The summed E-state index contributed by atoms with van der Waals surface area (Å²) in [6.45, 7) is 3.35. The largest absolute Gasteiger partial charge is 0.354 e. The van der Waals surface area contributed by atoms with Crippen LogP contribution in [0.15, 0.2) is 6.07 Å². The number of aryl methyl sites for hydroxylation is 1. The van der Waals surface area contributed by atoms with Crippen molar-refractivity contribution < 1.29 is 9.59 Å². The van der Waals surface area contributed by atoms with Crippen LogP contribution in [0.5, 0.6) is 0 Å². The molecule has 1 fully saturated rings. The van der Waals surface area contributed by atoms with E-state index in [0.717, 1.165) is 36.2 Å². The van der Waals surface area contributed by atoms with Crippen molar-refractivity contribution in [2.24, 2.45) is 0 Å². The molecule has 0 saturated carbocycles. The highest BCUT2D eigenvalue weighted by atomic mass is 32.1. The van der Waals surface area contributed by atoms with E-state index in [-0.39, 0.29) is 17.9 Å². The zero-order chi connectivity index (χ0) is 12.7. The topological polar surface area (TPSA) is 49.4 Å². The van der Waals surface area contributed by atoms with Gasteiger partial charge in [-0.2, -0.15) is 0 Å². The molecule has 1 aromatic heterocycles. The van der Waals surface area contributed by atoms with Crippen molar-refractivity contribution in [2.45, 2.75) is 38.8 Å². The zero-order valence-electron chi connectivity index (χ0n) is 10.4. The number of thiophene rings is 1. The highest BCUT2D eigenvalue weighted by Gasteiger charge is 2.37. The lowest BCUT2D eigenvalue weighted by Gasteiger charge is -2.25. The molecule has 1 N–H and O–H groups in total. The van der Waals surface area contributed by atoms with Crippen LogP contribution in [-0.2, 0) is 11.3 Å². The van der Waals surface area contributed by atoms with Crippen molar-refractivity contribution in [3.8, 4) is 0 Å². The Morgan fingerprint density at radius 3 is 3.00 bits per heavy atom. The highest BCUT2D eigenvalue weighted by molar-refractivity contribution is 7.12. The lowest BCUT2D eigenvalue weighted by Crippen LogP contribution is -2.45. The van der Waals surface area contributed by atoms with E-state index in [1.54, 1.807) is 16.2 Å². The molecule has 4 nitrogen and oxygen atoms in total. The van der Waals surface area contributed by atoms with E-state index < -0.39 is 0 Å². The number of amides is 2. The van der Waals surface area contributed by atoms with E-state index in [0.29, 0.717) is 6.54 Å². The van der Waals surface area contributed by atoms with Gasteiger partial charge in [0.05, 0.1) is 12.1 Å². The predicted molar refractivity (Wildman–Crippen MR) is 69.6 cm³/mol. The molecule has 0 aliphatic carbocycles. The molecule has 1 atom stereocenters. The molecule has 0 unspecified atom stereocenters. The number of carbonyl (C=O) groups is 2. The van der Waals surface area contributed by atoms with Gasteiger partial charge in [-0.05, 0) is 32.3 Å². The normalized spacial score (nSPS) is 23.8. The van der Waals surface area contributed by atoms with Gasteiger partial charge in [0.1, 0.15) is 6.04 Å². The van der Waals surface area contributed by atoms with Crippen molar-refractivity contribution in [1.82, 2.24) is 10.2 Å². The summed E-state index contributed by atoms with van der Waals surface area (Å²) < 4.78 is 0. The number of nitrogens with zero attached hydrogens (tertiary/aromatic N) is 1. The van der Waals surface area contributed by atoms with Crippen molar-refractivity contribution in [3.63, 3.8) is 0 Å². The first kappa shape index (κ1) is 11.7. The minimum atomic E-state index is -0.278. The van der Waals surface area contributed by atoms with Gasteiger partial charge in [-0.25, -0.2) is 0 Å². The summed E-state index contributed by atoms with van der Waals surface area (Å²) in [5.74, 6) is 0.0316. The summed E-state index contributed by atoms with van der Waals surface area (Å²) in [6, 6.07) is 1.66. The molecule has 2 amide bonds.